The Hall–Kier alpha value is -1.06. The number of amidine groups is 1. The van der Waals surface area contributed by atoms with Crippen molar-refractivity contribution in [3.63, 3.8) is 0 Å². The predicted octanol–water partition coefficient (Wildman–Crippen LogP) is 0.778. The van der Waals surface area contributed by atoms with Gasteiger partial charge in [0.25, 0.3) is 5.91 Å². The van der Waals surface area contributed by atoms with Crippen LogP contribution in [0.1, 0.15) is 33.1 Å². The summed E-state index contributed by atoms with van der Waals surface area (Å²) < 4.78 is 0. The van der Waals surface area contributed by atoms with Gasteiger partial charge >= 0.3 is 0 Å². The van der Waals surface area contributed by atoms with E-state index < -0.39 is 0 Å². The van der Waals surface area contributed by atoms with Crippen molar-refractivity contribution in [2.45, 2.75) is 45.2 Å². The minimum atomic E-state index is 0.0238. The Morgan fingerprint density at radius 2 is 2.33 bits per heavy atom. The lowest BCUT2D eigenvalue weighted by Gasteiger charge is -2.40. The number of aliphatic imine (C=N–C) groups is 1. The van der Waals surface area contributed by atoms with Crippen LogP contribution in [0.4, 0.5) is 0 Å². The van der Waals surface area contributed by atoms with Gasteiger partial charge in [0.1, 0.15) is 0 Å². The molecule has 2 heterocycles. The van der Waals surface area contributed by atoms with E-state index in [1.165, 1.54) is 0 Å². The van der Waals surface area contributed by atoms with E-state index in [0.717, 1.165) is 32.4 Å². The molecule has 2 atom stereocenters. The molecule has 84 valence electrons. The summed E-state index contributed by atoms with van der Waals surface area (Å²) in [4.78, 5) is 18.2. The molecule has 4 heteroatoms. The van der Waals surface area contributed by atoms with Crippen molar-refractivity contribution in [3.8, 4) is 0 Å². The number of amides is 1. The van der Waals surface area contributed by atoms with Gasteiger partial charge in [-0.3, -0.25) is 9.79 Å². The zero-order valence-electron chi connectivity index (χ0n) is 9.49. The summed E-state index contributed by atoms with van der Waals surface area (Å²) in [6, 6.07) is 0.758. The zero-order valence-corrected chi connectivity index (χ0v) is 9.49. The Morgan fingerprint density at radius 1 is 1.53 bits per heavy atom. The van der Waals surface area contributed by atoms with Crippen molar-refractivity contribution in [1.29, 1.82) is 0 Å². The van der Waals surface area contributed by atoms with Gasteiger partial charge in [-0.05, 0) is 12.8 Å². The minimum Gasteiger partial charge on any atom is -0.345 e. The van der Waals surface area contributed by atoms with Crippen molar-refractivity contribution < 1.29 is 4.79 Å². The van der Waals surface area contributed by atoms with Gasteiger partial charge in [0.05, 0.1) is 12.6 Å². The van der Waals surface area contributed by atoms with E-state index >= 15 is 0 Å². The number of nitrogens with zero attached hydrogens (tertiary/aromatic N) is 2. The van der Waals surface area contributed by atoms with Crippen molar-refractivity contribution in [2.24, 2.45) is 4.99 Å². The number of hydrogen-bond acceptors (Lipinski definition) is 3. The van der Waals surface area contributed by atoms with Crippen LogP contribution < -0.4 is 5.32 Å². The van der Waals surface area contributed by atoms with Gasteiger partial charge < -0.3 is 10.2 Å². The number of rotatable bonds is 3. The molecule has 0 saturated carbocycles. The third kappa shape index (κ3) is 1.73. The second-order valence-electron chi connectivity index (χ2n) is 4.24. The molecule has 0 aromatic rings. The molecule has 1 saturated heterocycles. The summed E-state index contributed by atoms with van der Waals surface area (Å²) in [5, 5.41) is 3.08. The van der Waals surface area contributed by atoms with Crippen LogP contribution in [0.3, 0.4) is 0 Å². The fraction of sp³-hybridized carbons (Fsp3) is 0.818. The summed E-state index contributed by atoms with van der Waals surface area (Å²) in [7, 11) is 0. The summed E-state index contributed by atoms with van der Waals surface area (Å²) in [6.07, 6.45) is 3.25. The Morgan fingerprint density at radius 3 is 3.00 bits per heavy atom. The van der Waals surface area contributed by atoms with Crippen LogP contribution in [0.25, 0.3) is 0 Å². The summed E-state index contributed by atoms with van der Waals surface area (Å²) in [5.41, 5.74) is 0. The van der Waals surface area contributed by atoms with Gasteiger partial charge in [0.15, 0.2) is 5.84 Å². The maximum atomic E-state index is 11.7. The molecule has 0 radical (unpaired) electrons. The number of carbonyl (C=O) groups is 1. The Balaban J connectivity index is 2.17. The van der Waals surface area contributed by atoms with Crippen molar-refractivity contribution in [1.82, 2.24) is 10.2 Å². The summed E-state index contributed by atoms with van der Waals surface area (Å²) in [5.74, 6) is 0.685. The van der Waals surface area contributed by atoms with Crippen LogP contribution in [-0.2, 0) is 4.79 Å². The molecule has 0 aromatic heterocycles. The second kappa shape index (κ2) is 4.21. The van der Waals surface area contributed by atoms with Crippen LogP contribution in [-0.4, -0.2) is 41.8 Å². The average Bonchev–Trinajstić information content (AvgIpc) is 2.68. The zero-order chi connectivity index (χ0) is 10.8. The van der Waals surface area contributed by atoms with E-state index in [2.05, 4.69) is 29.1 Å². The Labute approximate surface area is 90.7 Å². The van der Waals surface area contributed by atoms with E-state index in [4.69, 9.17) is 0 Å². The van der Waals surface area contributed by atoms with Crippen LogP contribution in [0, 0.1) is 0 Å². The van der Waals surface area contributed by atoms with Crippen LogP contribution in [0.2, 0.25) is 0 Å². The number of nitrogens with one attached hydrogen (secondary N) is 1. The lowest BCUT2D eigenvalue weighted by Crippen LogP contribution is -2.61. The number of carbonyl (C=O) groups excluding carboxylic acids is 1. The quantitative estimate of drug-likeness (QED) is 0.746. The molecule has 2 aliphatic heterocycles. The maximum Gasteiger partial charge on any atom is 0.286 e. The lowest BCUT2D eigenvalue weighted by molar-refractivity contribution is -0.118. The Bertz CT molecular complexity index is 288. The smallest absolute Gasteiger partial charge is 0.286 e. The average molecular weight is 209 g/mol. The second-order valence-corrected chi connectivity index (χ2v) is 4.24. The van der Waals surface area contributed by atoms with E-state index in [1.807, 2.05) is 0 Å². The van der Waals surface area contributed by atoms with Crippen molar-refractivity contribution in [3.05, 3.63) is 0 Å². The first kappa shape index (κ1) is 10.5. The topological polar surface area (TPSA) is 44.7 Å². The molecule has 15 heavy (non-hydrogen) atoms. The van der Waals surface area contributed by atoms with Gasteiger partial charge in [-0.2, -0.15) is 0 Å². The van der Waals surface area contributed by atoms with Gasteiger partial charge in [0, 0.05) is 12.6 Å². The largest absolute Gasteiger partial charge is 0.345 e. The highest BCUT2D eigenvalue weighted by molar-refractivity contribution is 6.38. The highest BCUT2D eigenvalue weighted by Gasteiger charge is 2.39. The SMILES string of the molecule is CCCC1NC(=O)C2=NCCN2C1CC. The molecular formula is C11H19N3O. The first-order valence-corrected chi connectivity index (χ1v) is 5.89. The number of piperazine rings is 1. The summed E-state index contributed by atoms with van der Waals surface area (Å²) >= 11 is 0. The summed E-state index contributed by atoms with van der Waals surface area (Å²) in [6.45, 7) is 6.03. The first-order valence-electron chi connectivity index (χ1n) is 5.89. The van der Waals surface area contributed by atoms with E-state index in [9.17, 15) is 4.79 Å². The van der Waals surface area contributed by atoms with Gasteiger partial charge in [-0.25, -0.2) is 0 Å². The fourth-order valence-corrected chi connectivity index (χ4v) is 2.61. The van der Waals surface area contributed by atoms with Crippen LogP contribution in [0.15, 0.2) is 4.99 Å². The molecule has 0 aliphatic carbocycles. The fourth-order valence-electron chi connectivity index (χ4n) is 2.61. The van der Waals surface area contributed by atoms with E-state index in [-0.39, 0.29) is 5.91 Å². The molecule has 1 N–H and O–H groups in total. The van der Waals surface area contributed by atoms with Gasteiger partial charge in [-0.15, -0.1) is 0 Å². The van der Waals surface area contributed by atoms with Crippen LogP contribution in [0.5, 0.6) is 0 Å². The molecule has 0 spiro atoms. The molecule has 2 aliphatic rings. The normalized spacial score (nSPS) is 29.9. The highest BCUT2D eigenvalue weighted by atomic mass is 16.2. The molecular weight excluding hydrogens is 190 g/mol. The molecule has 0 bridgehead atoms. The predicted molar refractivity (Wildman–Crippen MR) is 59.9 cm³/mol. The van der Waals surface area contributed by atoms with Gasteiger partial charge in [-0.1, -0.05) is 20.3 Å². The standard InChI is InChI=1S/C11H19N3O/c1-3-5-8-9(4-2)14-7-6-12-10(14)11(15)13-8/h8-9H,3-7H2,1-2H3,(H,13,15). The highest BCUT2D eigenvalue weighted by Crippen LogP contribution is 2.21. The molecule has 4 nitrogen and oxygen atoms in total. The third-order valence-corrected chi connectivity index (χ3v) is 3.28. The van der Waals surface area contributed by atoms with Crippen LogP contribution >= 0.6 is 0 Å². The van der Waals surface area contributed by atoms with Crippen molar-refractivity contribution >= 4 is 11.7 Å². The number of fused-ring (bicyclic) bond motifs is 1. The molecule has 0 aromatic carbocycles. The molecule has 2 rings (SSSR count). The van der Waals surface area contributed by atoms with Crippen molar-refractivity contribution in [2.75, 3.05) is 13.1 Å². The minimum absolute atomic E-state index is 0.0238. The van der Waals surface area contributed by atoms with E-state index in [1.54, 1.807) is 0 Å². The Kier molecular flexibility index (Phi) is 2.93. The van der Waals surface area contributed by atoms with E-state index in [0.29, 0.717) is 17.9 Å². The first-order chi connectivity index (χ1) is 7.27. The molecule has 1 amide bonds. The monoisotopic (exact) mass is 209 g/mol. The maximum absolute atomic E-state index is 11.7. The lowest BCUT2D eigenvalue weighted by atomic mass is 9.96. The third-order valence-electron chi connectivity index (χ3n) is 3.28. The molecule has 1 fully saturated rings. The molecule has 2 unspecified atom stereocenters. The van der Waals surface area contributed by atoms with Gasteiger partial charge in [0.2, 0.25) is 0 Å². The number of hydrogen-bond donors (Lipinski definition) is 1.